The van der Waals surface area contributed by atoms with Crippen molar-refractivity contribution in [2.45, 2.75) is 11.1 Å². The van der Waals surface area contributed by atoms with Crippen molar-refractivity contribution in [1.29, 1.82) is 0 Å². The molecule has 0 atom stereocenters. The predicted molar refractivity (Wildman–Crippen MR) is 78.6 cm³/mol. The average molecular weight is 305 g/mol. The Morgan fingerprint density at radius 1 is 1.10 bits per heavy atom. The molecule has 1 aromatic carbocycles. The van der Waals surface area contributed by atoms with Crippen LogP contribution in [0.25, 0.3) is 10.9 Å². The smallest absolute Gasteiger partial charge is 0.348 e. The zero-order valence-electron chi connectivity index (χ0n) is 10.6. The van der Waals surface area contributed by atoms with Gasteiger partial charge in [-0.3, -0.25) is 4.98 Å². The molecule has 0 bridgehead atoms. The third kappa shape index (κ3) is 2.39. The third-order valence-electron chi connectivity index (χ3n) is 2.76. The van der Waals surface area contributed by atoms with Gasteiger partial charge < -0.3 is 4.18 Å². The van der Waals surface area contributed by atoms with Crippen molar-refractivity contribution in [3.63, 3.8) is 0 Å². The Morgan fingerprint density at radius 2 is 1.90 bits per heavy atom. The van der Waals surface area contributed by atoms with E-state index in [-0.39, 0.29) is 9.96 Å². The maximum Gasteiger partial charge on any atom is 0.348 e. The van der Waals surface area contributed by atoms with Gasteiger partial charge in [0.15, 0.2) is 9.96 Å². The van der Waals surface area contributed by atoms with Crippen LogP contribution >= 0.6 is 11.3 Å². The van der Waals surface area contributed by atoms with Crippen LogP contribution in [0.3, 0.4) is 0 Å². The summed E-state index contributed by atoms with van der Waals surface area (Å²) < 4.78 is 29.9. The fraction of sp³-hybridized carbons (Fsp3) is 0.0714. The van der Waals surface area contributed by atoms with Gasteiger partial charge >= 0.3 is 10.1 Å². The highest BCUT2D eigenvalue weighted by Crippen LogP contribution is 2.28. The lowest BCUT2D eigenvalue weighted by molar-refractivity contribution is 0.490. The van der Waals surface area contributed by atoms with Gasteiger partial charge in [0.05, 0.1) is 0 Å². The second-order valence-electron chi connectivity index (χ2n) is 4.23. The number of rotatable bonds is 3. The average Bonchev–Trinajstić information content (AvgIpc) is 2.86. The van der Waals surface area contributed by atoms with E-state index in [9.17, 15) is 8.42 Å². The SMILES string of the molecule is Cc1ccc(S(=O)(=O)Oc2cccc3cccnc23)s1. The predicted octanol–water partition coefficient (Wildman–Crippen LogP) is 3.37. The number of benzene rings is 1. The van der Waals surface area contributed by atoms with Gasteiger partial charge in [-0.25, -0.2) is 0 Å². The number of aryl methyl sites for hydroxylation is 1. The van der Waals surface area contributed by atoms with Crippen LogP contribution in [0.5, 0.6) is 5.75 Å². The molecule has 2 aromatic heterocycles. The van der Waals surface area contributed by atoms with Crippen molar-refractivity contribution >= 4 is 32.4 Å². The maximum absolute atomic E-state index is 12.2. The molecule has 0 spiro atoms. The molecule has 6 heteroatoms. The molecular formula is C14H11NO3S2. The van der Waals surface area contributed by atoms with E-state index >= 15 is 0 Å². The number of nitrogens with zero attached hydrogens (tertiary/aromatic N) is 1. The molecule has 2 heterocycles. The van der Waals surface area contributed by atoms with Gasteiger partial charge in [-0.15, -0.1) is 11.3 Å². The zero-order chi connectivity index (χ0) is 14.2. The number of fused-ring (bicyclic) bond motifs is 1. The zero-order valence-corrected chi connectivity index (χ0v) is 12.2. The lowest BCUT2D eigenvalue weighted by Gasteiger charge is -2.07. The van der Waals surface area contributed by atoms with Crippen LogP contribution in [0.4, 0.5) is 0 Å². The van der Waals surface area contributed by atoms with Gasteiger partial charge in [-0.2, -0.15) is 8.42 Å². The molecule has 0 radical (unpaired) electrons. The molecule has 102 valence electrons. The van der Waals surface area contributed by atoms with Gasteiger partial charge in [0.2, 0.25) is 0 Å². The number of hydrogen-bond acceptors (Lipinski definition) is 5. The first-order valence-electron chi connectivity index (χ1n) is 5.91. The number of aromatic nitrogens is 1. The monoisotopic (exact) mass is 305 g/mol. The molecule has 0 fully saturated rings. The lowest BCUT2D eigenvalue weighted by atomic mass is 10.2. The molecule has 0 N–H and O–H groups in total. The molecule has 3 rings (SSSR count). The van der Waals surface area contributed by atoms with E-state index in [0.717, 1.165) is 10.3 Å². The summed E-state index contributed by atoms with van der Waals surface area (Å²) in [5.74, 6) is 0.245. The van der Waals surface area contributed by atoms with Crippen molar-refractivity contribution in [2.75, 3.05) is 0 Å². The molecule has 3 aromatic rings. The van der Waals surface area contributed by atoms with E-state index in [1.54, 1.807) is 36.5 Å². The highest BCUT2D eigenvalue weighted by molar-refractivity contribution is 7.89. The molecule has 0 saturated heterocycles. The maximum atomic E-state index is 12.2. The number of pyridine rings is 1. The van der Waals surface area contributed by atoms with Gasteiger partial charge in [0.1, 0.15) is 5.52 Å². The van der Waals surface area contributed by atoms with Crippen molar-refractivity contribution in [3.05, 3.63) is 53.5 Å². The van der Waals surface area contributed by atoms with Crippen LogP contribution in [0.1, 0.15) is 4.88 Å². The second-order valence-corrected chi connectivity index (χ2v) is 7.29. The highest BCUT2D eigenvalue weighted by atomic mass is 32.3. The first-order valence-corrected chi connectivity index (χ1v) is 8.13. The number of para-hydroxylation sites is 1. The van der Waals surface area contributed by atoms with E-state index in [2.05, 4.69) is 4.98 Å². The summed E-state index contributed by atoms with van der Waals surface area (Å²) in [4.78, 5) is 5.10. The van der Waals surface area contributed by atoms with Crippen LogP contribution in [0.15, 0.2) is 52.9 Å². The fourth-order valence-electron chi connectivity index (χ4n) is 1.85. The van der Waals surface area contributed by atoms with E-state index in [0.29, 0.717) is 5.52 Å². The summed E-state index contributed by atoms with van der Waals surface area (Å²) in [6.07, 6.45) is 1.61. The Morgan fingerprint density at radius 3 is 2.65 bits per heavy atom. The molecule has 0 amide bonds. The van der Waals surface area contributed by atoms with E-state index in [1.807, 2.05) is 19.1 Å². The van der Waals surface area contributed by atoms with Gasteiger partial charge in [0.25, 0.3) is 0 Å². The van der Waals surface area contributed by atoms with Crippen molar-refractivity contribution in [3.8, 4) is 5.75 Å². The largest absolute Gasteiger partial charge is 0.376 e. The van der Waals surface area contributed by atoms with E-state index in [1.165, 1.54) is 11.3 Å². The number of thiophene rings is 1. The summed E-state index contributed by atoms with van der Waals surface area (Å²) in [6.45, 7) is 1.85. The molecule has 4 nitrogen and oxygen atoms in total. The normalized spacial score (nSPS) is 11.7. The molecule has 0 unspecified atom stereocenters. The molecule has 0 aliphatic heterocycles. The minimum atomic E-state index is -3.81. The van der Waals surface area contributed by atoms with Gasteiger partial charge in [0, 0.05) is 16.5 Å². The highest BCUT2D eigenvalue weighted by Gasteiger charge is 2.20. The summed E-state index contributed by atoms with van der Waals surface area (Å²) >= 11 is 1.19. The summed E-state index contributed by atoms with van der Waals surface area (Å²) in [7, 11) is -3.81. The Kier molecular flexibility index (Phi) is 3.19. The van der Waals surface area contributed by atoms with Crippen LogP contribution < -0.4 is 4.18 Å². The third-order valence-corrected chi connectivity index (χ3v) is 5.44. The molecule has 0 saturated carbocycles. The van der Waals surface area contributed by atoms with Crippen molar-refractivity contribution in [2.24, 2.45) is 0 Å². The van der Waals surface area contributed by atoms with Crippen LogP contribution in [0, 0.1) is 6.92 Å². The molecule has 0 aliphatic carbocycles. The van der Waals surface area contributed by atoms with Gasteiger partial charge in [-0.1, -0.05) is 18.2 Å². The Labute approximate surface area is 120 Å². The van der Waals surface area contributed by atoms with Crippen molar-refractivity contribution in [1.82, 2.24) is 4.98 Å². The topological polar surface area (TPSA) is 56.3 Å². The Hall–Kier alpha value is -1.92. The van der Waals surface area contributed by atoms with E-state index in [4.69, 9.17) is 4.18 Å². The van der Waals surface area contributed by atoms with Gasteiger partial charge in [-0.05, 0) is 31.2 Å². The standard InChI is InChI=1S/C14H11NO3S2/c1-10-7-8-13(19-10)20(16,17)18-12-6-2-4-11-5-3-9-15-14(11)12/h2-9H,1H3. The van der Waals surface area contributed by atoms with Crippen LogP contribution in [-0.4, -0.2) is 13.4 Å². The summed E-state index contributed by atoms with van der Waals surface area (Å²) in [5, 5.41) is 0.836. The first kappa shape index (κ1) is 13.1. The minimum Gasteiger partial charge on any atom is -0.376 e. The van der Waals surface area contributed by atoms with Crippen molar-refractivity contribution < 1.29 is 12.6 Å². The second kappa shape index (κ2) is 4.88. The Bertz CT molecular complexity index is 864. The lowest BCUT2D eigenvalue weighted by Crippen LogP contribution is -2.08. The number of hydrogen-bond donors (Lipinski definition) is 0. The Balaban J connectivity index is 2.05. The molecule has 20 heavy (non-hydrogen) atoms. The van der Waals surface area contributed by atoms with E-state index < -0.39 is 10.1 Å². The fourth-order valence-corrected chi connectivity index (χ4v) is 4.03. The van der Waals surface area contributed by atoms with Crippen LogP contribution in [0.2, 0.25) is 0 Å². The quantitative estimate of drug-likeness (QED) is 0.696. The molecule has 0 aliphatic rings. The first-order chi connectivity index (χ1) is 9.56. The summed E-state index contributed by atoms with van der Waals surface area (Å²) in [6, 6.07) is 12.2. The minimum absolute atomic E-state index is 0.197. The summed E-state index contributed by atoms with van der Waals surface area (Å²) in [5.41, 5.74) is 0.534. The molecular weight excluding hydrogens is 294 g/mol. The van der Waals surface area contributed by atoms with Crippen LogP contribution in [-0.2, 0) is 10.1 Å².